The topological polar surface area (TPSA) is 89.4 Å². The molecule has 0 aliphatic carbocycles. The molecule has 3 aromatic carbocycles. The molecular weight excluding hydrogens is 476 g/mol. The maximum absolute atomic E-state index is 14.1. The molecule has 0 spiro atoms. The Morgan fingerprint density at radius 3 is 2.14 bits per heavy atom. The maximum atomic E-state index is 14.1. The molecule has 0 atom stereocenters. The Hall–Kier alpha value is -2.91. The predicted octanol–water partition coefficient (Wildman–Crippen LogP) is 0.955. The third-order valence-corrected chi connectivity index (χ3v) is 4.89. The van der Waals surface area contributed by atoms with Crippen LogP contribution in [0.4, 0.5) is 4.39 Å². The summed E-state index contributed by atoms with van der Waals surface area (Å²) in [7, 11) is 3.85. The first-order valence-corrected chi connectivity index (χ1v) is 10.8. The van der Waals surface area contributed by atoms with Crippen molar-refractivity contribution in [2.75, 3.05) is 27.9 Å². The van der Waals surface area contributed by atoms with Gasteiger partial charge in [0.25, 0.3) is 0 Å². The van der Waals surface area contributed by atoms with Gasteiger partial charge in [0.1, 0.15) is 55.4 Å². The van der Waals surface area contributed by atoms with Crippen LogP contribution >= 0.6 is 0 Å². The van der Waals surface area contributed by atoms with Crippen LogP contribution in [0.2, 0.25) is 0 Å². The number of methoxy groups -OCH3 is 1. The normalized spacial score (nSPS) is 10.3. The number of aryl methyl sites for hydroxylation is 1. The van der Waals surface area contributed by atoms with Gasteiger partial charge in [-0.15, -0.1) is 0 Å². The quantitative estimate of drug-likeness (QED) is 0.158. The van der Waals surface area contributed by atoms with Crippen molar-refractivity contribution >= 4 is 12.0 Å². The molecule has 36 heavy (non-hydrogen) atoms. The van der Waals surface area contributed by atoms with E-state index in [2.05, 4.69) is 5.16 Å². The van der Waals surface area contributed by atoms with Gasteiger partial charge in [0.05, 0.1) is 7.11 Å². The minimum Gasteiger partial charge on any atom is -0.857 e. The molecule has 0 amide bonds. The van der Waals surface area contributed by atoms with E-state index < -0.39 is 0 Å². The summed E-state index contributed by atoms with van der Waals surface area (Å²) in [6, 6.07) is 19.6. The van der Waals surface area contributed by atoms with Gasteiger partial charge in [0, 0.05) is 18.1 Å². The molecule has 3 aromatic rings. The van der Waals surface area contributed by atoms with Gasteiger partial charge in [-0.1, -0.05) is 23.4 Å². The number of benzene rings is 3. The third kappa shape index (κ3) is 9.99. The van der Waals surface area contributed by atoms with Gasteiger partial charge in [-0.3, -0.25) is 0 Å². The zero-order valence-electron chi connectivity index (χ0n) is 21.0. The van der Waals surface area contributed by atoms with Gasteiger partial charge in [-0.2, -0.15) is 7.11 Å². The number of hydrogen-bond acceptors (Lipinski definition) is 7. The van der Waals surface area contributed by atoms with Crippen LogP contribution in [-0.2, 0) is 22.7 Å². The van der Waals surface area contributed by atoms with Crippen LogP contribution in [0.15, 0.2) is 71.9 Å². The molecule has 0 N–H and O–H groups in total. The number of hydrogen-bond donors (Lipinski definition) is 0. The number of carbonyl (C=O) groups excluding carboxylic acids is 1. The first-order valence-electron chi connectivity index (χ1n) is 10.8. The van der Waals surface area contributed by atoms with Crippen LogP contribution in [0.5, 0.6) is 17.2 Å². The van der Waals surface area contributed by atoms with Gasteiger partial charge >= 0.3 is 29.6 Å². The van der Waals surface area contributed by atoms with Crippen LogP contribution in [0, 0.1) is 5.82 Å². The first kappa shape index (κ1) is 31.1. The summed E-state index contributed by atoms with van der Waals surface area (Å²) in [6.45, 7) is 0.515. The second kappa shape index (κ2) is 17.5. The summed E-state index contributed by atoms with van der Waals surface area (Å²) >= 11 is 0. The summed E-state index contributed by atoms with van der Waals surface area (Å²) in [4.78, 5) is 15.4. The molecule has 0 saturated carbocycles. The molecule has 9 heteroatoms. The van der Waals surface area contributed by atoms with E-state index in [0.29, 0.717) is 35.6 Å². The molecule has 0 aliphatic heterocycles. The van der Waals surface area contributed by atoms with Crippen LogP contribution in [0.25, 0.3) is 0 Å². The fourth-order valence-electron chi connectivity index (χ4n) is 3.09. The van der Waals surface area contributed by atoms with E-state index in [0.717, 1.165) is 30.3 Å². The number of rotatable bonds is 12. The maximum Gasteiger partial charge on any atom is 1.00 e. The number of carbonyl (C=O) groups is 1. The minimum atomic E-state index is -0.372. The van der Waals surface area contributed by atoms with E-state index in [4.69, 9.17) is 24.2 Å². The monoisotopic (exact) mass is 505 g/mol. The van der Waals surface area contributed by atoms with Crippen molar-refractivity contribution in [3.05, 3.63) is 89.2 Å². The van der Waals surface area contributed by atoms with E-state index in [9.17, 15) is 9.18 Å². The summed E-state index contributed by atoms with van der Waals surface area (Å²) in [5, 5.41) is 12.3. The number of nitrogens with zero attached hydrogens (tertiary/aromatic N) is 1. The minimum absolute atomic E-state index is 0. The molecule has 0 radical (unpaired) electrons. The number of oxime groups is 1. The van der Waals surface area contributed by atoms with E-state index in [1.807, 2.05) is 48.5 Å². The average molecular weight is 506 g/mol. The molecule has 0 aliphatic rings. The Morgan fingerprint density at radius 1 is 0.917 bits per heavy atom. The first-order chi connectivity index (χ1) is 17.1. The van der Waals surface area contributed by atoms with Gasteiger partial charge in [-0.05, 0) is 60.0 Å². The summed E-state index contributed by atoms with van der Waals surface area (Å²) in [6.07, 6.45) is 1.46. The number of ether oxygens (including phenoxy) is 3. The van der Waals surface area contributed by atoms with Gasteiger partial charge in [0.2, 0.25) is 0 Å². The molecule has 186 valence electrons. The number of aldehydes is 1. The van der Waals surface area contributed by atoms with Crippen molar-refractivity contribution in [1.82, 2.24) is 0 Å². The van der Waals surface area contributed by atoms with Crippen LogP contribution in [0.3, 0.4) is 0 Å². The third-order valence-electron chi connectivity index (χ3n) is 4.89. The summed E-state index contributed by atoms with van der Waals surface area (Å²) < 4.78 is 30.8. The molecule has 0 unspecified atom stereocenters. The Labute approximate surface area is 233 Å². The SMILES string of the molecule is CO/N=C(\COc1ccc(COc2ccc(CCC=O)c(F)c2)cc1)c1ccc(OC)cc1.C[O-].[Na+]. The van der Waals surface area contributed by atoms with Crippen molar-refractivity contribution < 1.29 is 62.9 Å². The van der Waals surface area contributed by atoms with Crippen LogP contribution in [0.1, 0.15) is 23.1 Å². The second-order valence-electron chi connectivity index (χ2n) is 7.13. The Balaban J connectivity index is 0.00000211. The number of halogens is 1. The van der Waals surface area contributed by atoms with E-state index >= 15 is 0 Å². The Kier molecular flexibility index (Phi) is 15.1. The summed E-state index contributed by atoms with van der Waals surface area (Å²) in [5.41, 5.74) is 2.92. The standard InChI is InChI=1S/C26H26FNO5.CH3O.Na/c1-30-22-12-8-21(9-13-22)26(28-31-2)18-33-23-10-5-19(6-11-23)17-32-24-14-7-20(4-3-15-29)25(27)16-24;1-2;/h5-16H,3-4,17-18H2,1-2H3;1H3;/q;-1;+1/b28-26+;;. The molecule has 0 saturated heterocycles. The molecular formula is C27H29FNNaO6. The fourth-order valence-corrected chi connectivity index (χ4v) is 3.09. The van der Waals surface area contributed by atoms with Crippen molar-refractivity contribution in [3.8, 4) is 17.2 Å². The Morgan fingerprint density at radius 2 is 1.56 bits per heavy atom. The summed E-state index contributed by atoms with van der Waals surface area (Å²) in [5.74, 6) is 1.48. The van der Waals surface area contributed by atoms with Gasteiger partial charge in [0.15, 0.2) is 0 Å². The van der Waals surface area contributed by atoms with Crippen molar-refractivity contribution in [2.45, 2.75) is 19.4 Å². The van der Waals surface area contributed by atoms with Crippen molar-refractivity contribution in [3.63, 3.8) is 0 Å². The van der Waals surface area contributed by atoms with Crippen molar-refractivity contribution in [1.29, 1.82) is 0 Å². The largest absolute Gasteiger partial charge is 1.00 e. The van der Waals surface area contributed by atoms with Crippen LogP contribution in [-0.4, -0.2) is 39.9 Å². The molecule has 3 rings (SSSR count). The van der Waals surface area contributed by atoms with E-state index in [1.165, 1.54) is 13.2 Å². The zero-order chi connectivity index (χ0) is 25.5. The second-order valence-corrected chi connectivity index (χ2v) is 7.13. The molecule has 0 heterocycles. The fraction of sp³-hybridized carbons (Fsp3) is 0.259. The smallest absolute Gasteiger partial charge is 0.857 e. The molecule has 0 bridgehead atoms. The van der Waals surface area contributed by atoms with E-state index in [1.54, 1.807) is 19.2 Å². The van der Waals surface area contributed by atoms with Gasteiger partial charge in [-0.25, -0.2) is 4.39 Å². The average Bonchev–Trinajstić information content (AvgIpc) is 2.91. The predicted molar refractivity (Wildman–Crippen MR) is 130 cm³/mol. The molecule has 7 nitrogen and oxygen atoms in total. The molecule has 0 fully saturated rings. The van der Waals surface area contributed by atoms with Gasteiger partial charge < -0.3 is 28.9 Å². The zero-order valence-corrected chi connectivity index (χ0v) is 23.0. The molecule has 0 aromatic heterocycles. The van der Waals surface area contributed by atoms with Crippen molar-refractivity contribution in [2.24, 2.45) is 5.16 Å². The van der Waals surface area contributed by atoms with E-state index in [-0.39, 0.29) is 48.6 Å². The van der Waals surface area contributed by atoms with Crippen LogP contribution < -0.4 is 48.9 Å². The Bertz CT molecular complexity index is 1070.